The lowest BCUT2D eigenvalue weighted by molar-refractivity contribution is -0.159. The molecule has 0 aliphatic heterocycles. The van der Waals surface area contributed by atoms with Crippen LogP contribution in [-0.4, -0.2) is 12.6 Å². The summed E-state index contributed by atoms with van der Waals surface area (Å²) >= 11 is 0. The molecule has 0 saturated carbocycles. The van der Waals surface area contributed by atoms with Crippen LogP contribution in [0.1, 0.15) is 59.9 Å². The SMILES string of the molecule is CCOC(=O)C(C)(C)C(C(C)C)C(c1ccccc1)C(C)C. The maximum Gasteiger partial charge on any atom is 0.311 e. The summed E-state index contributed by atoms with van der Waals surface area (Å²) in [5.74, 6) is 1.33. The van der Waals surface area contributed by atoms with E-state index in [0.717, 1.165) is 0 Å². The van der Waals surface area contributed by atoms with Crippen LogP contribution in [0.4, 0.5) is 0 Å². The highest BCUT2D eigenvalue weighted by atomic mass is 16.5. The van der Waals surface area contributed by atoms with E-state index in [1.807, 2.05) is 26.8 Å². The molecular weight excluding hydrogens is 272 g/mol. The Balaban J connectivity index is 3.29. The minimum absolute atomic E-state index is 0.0877. The van der Waals surface area contributed by atoms with Gasteiger partial charge in [0.05, 0.1) is 12.0 Å². The quantitative estimate of drug-likeness (QED) is 0.640. The standard InChI is InChI=1S/C20H32O2/c1-8-22-19(21)20(6,7)18(15(4)5)17(14(2)3)16-12-10-9-11-13-16/h9-15,17-18H,8H2,1-7H3. The minimum atomic E-state index is -0.505. The average molecular weight is 304 g/mol. The largest absolute Gasteiger partial charge is 0.466 e. The molecule has 2 heteroatoms. The summed E-state index contributed by atoms with van der Waals surface area (Å²) < 4.78 is 5.36. The van der Waals surface area contributed by atoms with Gasteiger partial charge in [-0.2, -0.15) is 0 Å². The topological polar surface area (TPSA) is 26.3 Å². The summed E-state index contributed by atoms with van der Waals surface area (Å²) in [7, 11) is 0. The first-order chi connectivity index (χ1) is 10.2. The van der Waals surface area contributed by atoms with Crippen molar-refractivity contribution in [3.8, 4) is 0 Å². The molecule has 0 radical (unpaired) electrons. The Morgan fingerprint density at radius 1 is 1.05 bits per heavy atom. The Kier molecular flexibility index (Phi) is 6.65. The Hall–Kier alpha value is -1.31. The van der Waals surface area contributed by atoms with Gasteiger partial charge in [-0.25, -0.2) is 0 Å². The van der Waals surface area contributed by atoms with Crippen molar-refractivity contribution >= 4 is 5.97 Å². The molecular formula is C20H32O2. The number of carbonyl (C=O) groups is 1. The van der Waals surface area contributed by atoms with Gasteiger partial charge < -0.3 is 4.74 Å². The lowest BCUT2D eigenvalue weighted by Crippen LogP contribution is -2.42. The molecule has 0 amide bonds. The predicted molar refractivity (Wildman–Crippen MR) is 92.8 cm³/mol. The summed E-state index contributed by atoms with van der Waals surface area (Å²) in [4.78, 5) is 12.5. The van der Waals surface area contributed by atoms with Gasteiger partial charge in [0.2, 0.25) is 0 Å². The highest BCUT2D eigenvalue weighted by Gasteiger charge is 2.45. The maximum atomic E-state index is 12.5. The van der Waals surface area contributed by atoms with Crippen LogP contribution in [0.2, 0.25) is 0 Å². The molecule has 0 aliphatic rings. The molecule has 2 atom stereocenters. The van der Waals surface area contributed by atoms with E-state index in [1.54, 1.807) is 0 Å². The number of ether oxygens (including phenoxy) is 1. The van der Waals surface area contributed by atoms with E-state index in [2.05, 4.69) is 52.0 Å². The van der Waals surface area contributed by atoms with E-state index in [1.165, 1.54) is 5.56 Å². The highest BCUT2D eigenvalue weighted by Crippen LogP contribution is 2.47. The van der Waals surface area contributed by atoms with Crippen molar-refractivity contribution < 1.29 is 9.53 Å². The molecule has 0 aliphatic carbocycles. The molecule has 2 unspecified atom stereocenters. The fourth-order valence-electron chi connectivity index (χ4n) is 3.83. The smallest absolute Gasteiger partial charge is 0.311 e. The van der Waals surface area contributed by atoms with E-state index in [-0.39, 0.29) is 11.9 Å². The minimum Gasteiger partial charge on any atom is -0.466 e. The van der Waals surface area contributed by atoms with Crippen LogP contribution in [-0.2, 0) is 9.53 Å². The normalized spacial score (nSPS) is 15.0. The number of esters is 1. The van der Waals surface area contributed by atoms with E-state index in [0.29, 0.717) is 24.4 Å². The Bertz CT molecular complexity index is 460. The number of rotatable bonds is 7. The number of hydrogen-bond donors (Lipinski definition) is 0. The Morgan fingerprint density at radius 3 is 2.00 bits per heavy atom. The number of benzene rings is 1. The lowest BCUT2D eigenvalue weighted by Gasteiger charge is -2.42. The van der Waals surface area contributed by atoms with Crippen LogP contribution in [0.25, 0.3) is 0 Å². The molecule has 0 N–H and O–H groups in total. The second-order valence-corrected chi connectivity index (χ2v) is 7.39. The molecule has 0 spiro atoms. The van der Waals surface area contributed by atoms with Crippen molar-refractivity contribution in [2.75, 3.05) is 6.61 Å². The molecule has 2 nitrogen and oxygen atoms in total. The Morgan fingerprint density at radius 2 is 1.59 bits per heavy atom. The zero-order valence-corrected chi connectivity index (χ0v) is 15.2. The van der Waals surface area contributed by atoms with Crippen molar-refractivity contribution in [3.63, 3.8) is 0 Å². The molecule has 0 bridgehead atoms. The molecule has 22 heavy (non-hydrogen) atoms. The van der Waals surface area contributed by atoms with Crippen LogP contribution in [0.5, 0.6) is 0 Å². The third-order valence-corrected chi connectivity index (χ3v) is 4.64. The molecule has 1 aromatic carbocycles. The maximum absolute atomic E-state index is 12.5. The average Bonchev–Trinajstić information content (AvgIpc) is 2.44. The van der Waals surface area contributed by atoms with Crippen molar-refractivity contribution in [2.45, 2.75) is 54.4 Å². The first-order valence-electron chi connectivity index (χ1n) is 8.45. The molecule has 0 saturated heterocycles. The number of carbonyl (C=O) groups excluding carboxylic acids is 1. The van der Waals surface area contributed by atoms with Crippen LogP contribution in [0.3, 0.4) is 0 Å². The van der Waals surface area contributed by atoms with Gasteiger partial charge in [-0.15, -0.1) is 0 Å². The zero-order valence-electron chi connectivity index (χ0n) is 15.2. The number of hydrogen-bond acceptors (Lipinski definition) is 2. The second kappa shape index (κ2) is 7.80. The summed E-state index contributed by atoms with van der Waals surface area (Å²) in [5, 5.41) is 0. The summed E-state index contributed by atoms with van der Waals surface area (Å²) in [6.45, 7) is 15.3. The van der Waals surface area contributed by atoms with Gasteiger partial charge in [-0.1, -0.05) is 58.0 Å². The molecule has 0 heterocycles. The predicted octanol–water partition coefficient (Wildman–Crippen LogP) is 5.29. The lowest BCUT2D eigenvalue weighted by atomic mass is 9.62. The van der Waals surface area contributed by atoms with Crippen molar-refractivity contribution in [3.05, 3.63) is 35.9 Å². The van der Waals surface area contributed by atoms with E-state index >= 15 is 0 Å². The first kappa shape index (κ1) is 18.7. The molecule has 0 aromatic heterocycles. The third-order valence-electron chi connectivity index (χ3n) is 4.64. The van der Waals surface area contributed by atoms with E-state index in [9.17, 15) is 4.79 Å². The van der Waals surface area contributed by atoms with Gasteiger partial charge in [0.1, 0.15) is 0 Å². The van der Waals surface area contributed by atoms with Crippen LogP contribution in [0.15, 0.2) is 30.3 Å². The van der Waals surface area contributed by atoms with Gasteiger partial charge in [0, 0.05) is 0 Å². The summed E-state index contributed by atoms with van der Waals surface area (Å²) in [6, 6.07) is 10.6. The van der Waals surface area contributed by atoms with Gasteiger partial charge in [0.25, 0.3) is 0 Å². The monoisotopic (exact) mass is 304 g/mol. The molecule has 1 rings (SSSR count). The summed E-state index contributed by atoms with van der Waals surface area (Å²) in [5.41, 5.74) is 0.808. The molecule has 0 fully saturated rings. The van der Waals surface area contributed by atoms with Crippen LogP contribution in [0, 0.1) is 23.2 Å². The van der Waals surface area contributed by atoms with Gasteiger partial charge in [-0.05, 0) is 50.0 Å². The first-order valence-corrected chi connectivity index (χ1v) is 8.45. The molecule has 124 valence electrons. The van der Waals surface area contributed by atoms with Crippen LogP contribution >= 0.6 is 0 Å². The molecule has 1 aromatic rings. The highest BCUT2D eigenvalue weighted by molar-refractivity contribution is 5.76. The van der Waals surface area contributed by atoms with Crippen molar-refractivity contribution in [1.29, 1.82) is 0 Å². The second-order valence-electron chi connectivity index (χ2n) is 7.39. The Labute approximate surface area is 136 Å². The van der Waals surface area contributed by atoms with E-state index in [4.69, 9.17) is 4.74 Å². The fourth-order valence-corrected chi connectivity index (χ4v) is 3.83. The van der Waals surface area contributed by atoms with Gasteiger partial charge >= 0.3 is 5.97 Å². The zero-order chi connectivity index (χ0) is 16.9. The third kappa shape index (κ3) is 4.12. The fraction of sp³-hybridized carbons (Fsp3) is 0.650. The van der Waals surface area contributed by atoms with Crippen LogP contribution < -0.4 is 0 Å². The van der Waals surface area contributed by atoms with Gasteiger partial charge in [-0.3, -0.25) is 4.79 Å². The van der Waals surface area contributed by atoms with E-state index < -0.39 is 5.41 Å². The summed E-state index contributed by atoms with van der Waals surface area (Å²) in [6.07, 6.45) is 0. The van der Waals surface area contributed by atoms with Gasteiger partial charge in [0.15, 0.2) is 0 Å². The van der Waals surface area contributed by atoms with Crippen molar-refractivity contribution in [1.82, 2.24) is 0 Å². The van der Waals surface area contributed by atoms with Crippen molar-refractivity contribution in [2.24, 2.45) is 23.2 Å².